The minimum absolute atomic E-state index is 0.240. The summed E-state index contributed by atoms with van der Waals surface area (Å²) in [5, 5.41) is 3.31. The molecule has 1 fully saturated rings. The molecule has 0 aliphatic heterocycles. The Kier molecular flexibility index (Phi) is 3.52. The number of hydrogen-bond acceptors (Lipinski definition) is 3. The Morgan fingerprint density at radius 1 is 1.19 bits per heavy atom. The number of imidazole rings is 1. The molecule has 3 N–H and O–H groups in total. The van der Waals surface area contributed by atoms with Gasteiger partial charge in [0.15, 0.2) is 5.69 Å². The van der Waals surface area contributed by atoms with E-state index in [0.29, 0.717) is 11.5 Å². The van der Waals surface area contributed by atoms with Crippen LogP contribution in [0.5, 0.6) is 0 Å². The molecular formula is C14H17F3N4. The zero-order chi connectivity index (χ0) is 15.0. The van der Waals surface area contributed by atoms with Gasteiger partial charge in [-0.2, -0.15) is 13.2 Å². The highest BCUT2D eigenvalue weighted by atomic mass is 19.4. The van der Waals surface area contributed by atoms with E-state index in [2.05, 4.69) is 10.3 Å². The fourth-order valence-corrected chi connectivity index (χ4v) is 2.74. The van der Waals surface area contributed by atoms with Crippen molar-refractivity contribution in [2.45, 2.75) is 43.9 Å². The van der Waals surface area contributed by atoms with Gasteiger partial charge < -0.3 is 11.1 Å². The largest absolute Gasteiger partial charge is 0.434 e. The quantitative estimate of drug-likeness (QED) is 0.896. The summed E-state index contributed by atoms with van der Waals surface area (Å²) in [5.74, 6) is 0.635. The zero-order valence-corrected chi connectivity index (χ0v) is 11.4. The van der Waals surface area contributed by atoms with Crippen molar-refractivity contribution in [3.8, 4) is 0 Å². The molecule has 0 atom stereocenters. The number of halogens is 3. The summed E-state index contributed by atoms with van der Waals surface area (Å²) >= 11 is 0. The second kappa shape index (κ2) is 5.22. The second-order valence-electron chi connectivity index (χ2n) is 5.52. The topological polar surface area (TPSA) is 55.3 Å². The van der Waals surface area contributed by atoms with Gasteiger partial charge in [-0.25, -0.2) is 4.98 Å². The molecule has 0 amide bonds. The van der Waals surface area contributed by atoms with Gasteiger partial charge in [0.2, 0.25) is 0 Å². The number of nitrogens with two attached hydrogens (primary N) is 1. The molecule has 1 saturated carbocycles. The minimum Gasteiger partial charge on any atom is -0.368 e. The molecule has 1 aliphatic carbocycles. The molecule has 3 rings (SSSR count). The molecule has 21 heavy (non-hydrogen) atoms. The van der Waals surface area contributed by atoms with Gasteiger partial charge in [0.05, 0.1) is 0 Å². The maximum absolute atomic E-state index is 12.7. The van der Waals surface area contributed by atoms with Gasteiger partial charge in [0.1, 0.15) is 11.5 Å². The number of hydrogen-bond donors (Lipinski definition) is 2. The molecule has 114 valence electrons. The molecule has 0 aromatic carbocycles. The Bertz CT molecular complexity index is 627. The van der Waals surface area contributed by atoms with E-state index < -0.39 is 11.9 Å². The summed E-state index contributed by atoms with van der Waals surface area (Å²) in [6, 6.07) is 5.52. The number of nitrogens with zero attached hydrogens (tertiary/aromatic N) is 2. The lowest BCUT2D eigenvalue weighted by atomic mass is 9.92. The Balaban J connectivity index is 1.86. The molecular weight excluding hydrogens is 281 g/mol. The smallest absolute Gasteiger partial charge is 0.368 e. The molecule has 0 radical (unpaired) electrons. The normalized spacial score (nSPS) is 23.4. The van der Waals surface area contributed by atoms with Crippen LogP contribution in [-0.2, 0) is 6.18 Å². The van der Waals surface area contributed by atoms with Gasteiger partial charge in [0.25, 0.3) is 0 Å². The molecule has 2 aromatic heterocycles. The summed E-state index contributed by atoms with van der Waals surface area (Å²) in [4.78, 5) is 3.63. The summed E-state index contributed by atoms with van der Waals surface area (Å²) in [6.45, 7) is 0. The summed E-state index contributed by atoms with van der Waals surface area (Å²) in [6.07, 6.45) is 0.334. The van der Waals surface area contributed by atoms with Crippen molar-refractivity contribution in [3.63, 3.8) is 0 Å². The van der Waals surface area contributed by atoms with Crippen molar-refractivity contribution in [2.75, 3.05) is 5.32 Å². The van der Waals surface area contributed by atoms with Gasteiger partial charge >= 0.3 is 6.18 Å². The van der Waals surface area contributed by atoms with Gasteiger partial charge in [0, 0.05) is 18.3 Å². The molecule has 0 spiro atoms. The lowest BCUT2D eigenvalue weighted by Crippen LogP contribution is -2.33. The van der Waals surface area contributed by atoms with Crippen LogP contribution in [0.4, 0.5) is 19.0 Å². The third-order valence-corrected chi connectivity index (χ3v) is 3.91. The van der Waals surface area contributed by atoms with Crippen LogP contribution < -0.4 is 11.1 Å². The van der Waals surface area contributed by atoms with Crippen LogP contribution in [0.2, 0.25) is 0 Å². The second-order valence-corrected chi connectivity index (χ2v) is 5.52. The van der Waals surface area contributed by atoms with Crippen LogP contribution >= 0.6 is 0 Å². The lowest BCUT2D eigenvalue weighted by molar-refractivity contribution is -0.140. The van der Waals surface area contributed by atoms with Crippen molar-refractivity contribution >= 4 is 11.5 Å². The number of anilines is 1. The monoisotopic (exact) mass is 298 g/mol. The molecule has 2 aromatic rings. The van der Waals surface area contributed by atoms with E-state index in [1.54, 1.807) is 18.2 Å². The number of rotatable bonds is 2. The maximum Gasteiger partial charge on any atom is 0.434 e. The highest BCUT2D eigenvalue weighted by Crippen LogP contribution is 2.30. The molecule has 0 unspecified atom stereocenters. The van der Waals surface area contributed by atoms with Gasteiger partial charge in [-0.15, -0.1) is 0 Å². The van der Waals surface area contributed by atoms with Crippen molar-refractivity contribution in [2.24, 2.45) is 5.73 Å². The third-order valence-electron chi connectivity index (χ3n) is 3.91. The van der Waals surface area contributed by atoms with E-state index >= 15 is 0 Å². The van der Waals surface area contributed by atoms with Gasteiger partial charge in [-0.3, -0.25) is 4.40 Å². The highest BCUT2D eigenvalue weighted by molar-refractivity contribution is 5.51. The van der Waals surface area contributed by atoms with E-state index in [0.717, 1.165) is 31.9 Å². The average molecular weight is 298 g/mol. The molecule has 1 aliphatic rings. The van der Waals surface area contributed by atoms with Crippen LogP contribution in [0.15, 0.2) is 24.4 Å². The highest BCUT2D eigenvalue weighted by Gasteiger charge is 2.34. The Hall–Kier alpha value is -1.76. The summed E-state index contributed by atoms with van der Waals surface area (Å²) < 4.78 is 39.7. The standard InChI is InChI=1S/C14H17F3N4/c15-14(16,17)11-8-21-12(2-1-3-13(21)20-11)19-10-6-4-9(18)5-7-10/h1-3,8-10,19H,4-7,18H2. The molecule has 4 nitrogen and oxygen atoms in total. The zero-order valence-electron chi connectivity index (χ0n) is 11.4. The van der Waals surface area contributed by atoms with Gasteiger partial charge in [-0.1, -0.05) is 6.07 Å². The van der Waals surface area contributed by atoms with E-state index in [1.165, 1.54) is 4.40 Å². The van der Waals surface area contributed by atoms with E-state index in [4.69, 9.17) is 5.73 Å². The van der Waals surface area contributed by atoms with Crippen molar-refractivity contribution in [1.29, 1.82) is 0 Å². The number of alkyl halides is 3. The van der Waals surface area contributed by atoms with Gasteiger partial charge in [-0.05, 0) is 37.8 Å². The van der Waals surface area contributed by atoms with Crippen molar-refractivity contribution in [3.05, 3.63) is 30.1 Å². The Morgan fingerprint density at radius 2 is 1.90 bits per heavy atom. The maximum atomic E-state index is 12.7. The van der Waals surface area contributed by atoms with Crippen LogP contribution in [-0.4, -0.2) is 21.5 Å². The number of nitrogens with one attached hydrogen (secondary N) is 1. The van der Waals surface area contributed by atoms with E-state index in [9.17, 15) is 13.2 Å². The number of pyridine rings is 1. The third kappa shape index (κ3) is 2.97. The average Bonchev–Trinajstić information content (AvgIpc) is 2.86. The first-order valence-electron chi connectivity index (χ1n) is 7.01. The lowest BCUT2D eigenvalue weighted by Gasteiger charge is -2.27. The van der Waals surface area contributed by atoms with E-state index in [1.807, 2.05) is 0 Å². The first-order valence-corrected chi connectivity index (χ1v) is 7.01. The van der Waals surface area contributed by atoms with E-state index in [-0.39, 0.29) is 12.1 Å². The predicted molar refractivity (Wildman–Crippen MR) is 74.0 cm³/mol. The van der Waals surface area contributed by atoms with Crippen molar-refractivity contribution < 1.29 is 13.2 Å². The van der Waals surface area contributed by atoms with Crippen LogP contribution in [0, 0.1) is 0 Å². The summed E-state index contributed by atoms with van der Waals surface area (Å²) in [5.41, 5.74) is 5.28. The first-order chi connectivity index (χ1) is 9.93. The molecule has 7 heteroatoms. The SMILES string of the molecule is NC1CCC(Nc2cccc3nc(C(F)(F)F)cn23)CC1. The first kappa shape index (κ1) is 14.2. The molecule has 0 saturated heterocycles. The summed E-state index contributed by atoms with van der Waals surface area (Å²) in [7, 11) is 0. The molecule has 0 bridgehead atoms. The number of aromatic nitrogens is 2. The van der Waals surface area contributed by atoms with Crippen LogP contribution in [0.25, 0.3) is 5.65 Å². The Morgan fingerprint density at radius 3 is 2.57 bits per heavy atom. The number of fused-ring (bicyclic) bond motifs is 1. The fraction of sp³-hybridized carbons (Fsp3) is 0.500. The van der Waals surface area contributed by atoms with Crippen LogP contribution in [0.1, 0.15) is 31.4 Å². The fourth-order valence-electron chi connectivity index (χ4n) is 2.74. The minimum atomic E-state index is -4.43. The van der Waals surface area contributed by atoms with Crippen molar-refractivity contribution in [1.82, 2.24) is 9.38 Å². The molecule has 2 heterocycles. The predicted octanol–water partition coefficient (Wildman–Crippen LogP) is 3.03. The van der Waals surface area contributed by atoms with Crippen LogP contribution in [0.3, 0.4) is 0 Å². The Labute approximate surface area is 120 Å².